The lowest BCUT2D eigenvalue weighted by atomic mass is 10.2. The third-order valence-corrected chi connectivity index (χ3v) is 5.41. The molecule has 0 fully saturated rings. The van der Waals surface area contributed by atoms with E-state index < -0.39 is 0 Å². The van der Waals surface area contributed by atoms with Crippen LogP contribution in [0.25, 0.3) is 11.4 Å². The first-order chi connectivity index (χ1) is 12.1. The number of thiophene rings is 1. The summed E-state index contributed by atoms with van der Waals surface area (Å²) in [5.74, 6) is 0.528. The first-order valence-electron chi connectivity index (χ1n) is 7.35. The summed E-state index contributed by atoms with van der Waals surface area (Å²) in [6.07, 6.45) is 3.39. The lowest BCUT2D eigenvalue weighted by Gasteiger charge is -2.11. The number of hydrogen-bond donors (Lipinski definition) is 1. The van der Waals surface area contributed by atoms with Crippen molar-refractivity contribution < 1.29 is 4.79 Å². The lowest BCUT2D eigenvalue weighted by molar-refractivity contribution is -0.115. The quantitative estimate of drug-likeness (QED) is 0.694. The molecule has 0 aromatic carbocycles. The molecule has 0 radical (unpaired) electrons. The van der Waals surface area contributed by atoms with Crippen LogP contribution in [-0.2, 0) is 11.8 Å². The fourth-order valence-electron chi connectivity index (χ4n) is 2.09. The molecule has 25 heavy (non-hydrogen) atoms. The van der Waals surface area contributed by atoms with Crippen LogP contribution < -0.4 is 5.32 Å². The van der Waals surface area contributed by atoms with Crippen LogP contribution in [0.1, 0.15) is 12.5 Å². The SMILES string of the molecule is C[C@H](Sc1nnc(-c2ccncc2)n1C)C(=O)Nc1sccc1C#N. The smallest absolute Gasteiger partial charge is 0.238 e. The summed E-state index contributed by atoms with van der Waals surface area (Å²) in [5, 5.41) is 22.8. The number of nitrogens with one attached hydrogen (secondary N) is 1. The average Bonchev–Trinajstić information content (AvgIpc) is 3.22. The standard InChI is InChI=1S/C16H14N6OS2/c1-10(14(23)19-15-12(9-17)5-8-24-15)25-16-21-20-13(22(16)2)11-3-6-18-7-4-11/h3-8,10H,1-2H3,(H,19,23)/t10-/m0/s1. The molecular weight excluding hydrogens is 356 g/mol. The summed E-state index contributed by atoms with van der Waals surface area (Å²) in [6, 6.07) is 7.45. The zero-order chi connectivity index (χ0) is 17.8. The van der Waals surface area contributed by atoms with E-state index in [0.29, 0.717) is 21.5 Å². The number of pyridine rings is 1. The van der Waals surface area contributed by atoms with Crippen LogP contribution in [0, 0.1) is 11.3 Å². The predicted octanol–water partition coefficient (Wildman–Crippen LogP) is 2.93. The van der Waals surface area contributed by atoms with Crippen LogP contribution in [0.15, 0.2) is 41.1 Å². The van der Waals surface area contributed by atoms with Crippen molar-refractivity contribution in [2.45, 2.75) is 17.3 Å². The van der Waals surface area contributed by atoms with E-state index in [9.17, 15) is 4.79 Å². The van der Waals surface area contributed by atoms with Crippen molar-refractivity contribution >= 4 is 34.0 Å². The van der Waals surface area contributed by atoms with Crippen LogP contribution in [0.5, 0.6) is 0 Å². The van der Waals surface area contributed by atoms with E-state index in [1.165, 1.54) is 23.1 Å². The largest absolute Gasteiger partial charge is 0.316 e. The first kappa shape index (κ1) is 17.1. The third kappa shape index (κ3) is 3.70. The van der Waals surface area contributed by atoms with Gasteiger partial charge in [0.15, 0.2) is 11.0 Å². The van der Waals surface area contributed by atoms with Crippen molar-refractivity contribution in [3.8, 4) is 17.5 Å². The van der Waals surface area contributed by atoms with Crippen LogP contribution in [0.2, 0.25) is 0 Å². The molecule has 0 aliphatic heterocycles. The molecule has 3 heterocycles. The molecule has 1 N–H and O–H groups in total. The van der Waals surface area contributed by atoms with Gasteiger partial charge in [-0.05, 0) is 30.5 Å². The maximum Gasteiger partial charge on any atom is 0.238 e. The van der Waals surface area contributed by atoms with Crippen molar-refractivity contribution in [2.75, 3.05) is 5.32 Å². The number of nitrogens with zero attached hydrogens (tertiary/aromatic N) is 5. The number of anilines is 1. The molecule has 0 saturated heterocycles. The Labute approximate surface area is 152 Å². The Balaban J connectivity index is 1.71. The highest BCUT2D eigenvalue weighted by atomic mass is 32.2. The fraction of sp³-hybridized carbons (Fsp3) is 0.188. The van der Waals surface area contributed by atoms with E-state index in [2.05, 4.69) is 26.6 Å². The van der Waals surface area contributed by atoms with Gasteiger partial charge in [-0.25, -0.2) is 0 Å². The van der Waals surface area contributed by atoms with Crippen LogP contribution in [0.3, 0.4) is 0 Å². The van der Waals surface area contributed by atoms with Gasteiger partial charge in [-0.1, -0.05) is 11.8 Å². The van der Waals surface area contributed by atoms with Gasteiger partial charge in [0.1, 0.15) is 11.1 Å². The number of carbonyl (C=O) groups excluding carboxylic acids is 1. The molecule has 0 saturated carbocycles. The summed E-state index contributed by atoms with van der Waals surface area (Å²) in [6.45, 7) is 1.79. The second kappa shape index (κ2) is 7.46. The zero-order valence-electron chi connectivity index (χ0n) is 13.5. The van der Waals surface area contributed by atoms with Crippen molar-refractivity contribution in [1.82, 2.24) is 19.7 Å². The molecule has 126 valence electrons. The highest BCUT2D eigenvalue weighted by molar-refractivity contribution is 8.00. The molecule has 0 aliphatic carbocycles. The van der Waals surface area contributed by atoms with E-state index in [1.807, 2.05) is 23.7 Å². The molecule has 0 bridgehead atoms. The third-order valence-electron chi connectivity index (χ3n) is 3.45. The molecular formula is C16H14N6OS2. The number of amides is 1. The van der Waals surface area contributed by atoms with Crippen LogP contribution >= 0.6 is 23.1 Å². The molecule has 0 spiro atoms. The topological polar surface area (TPSA) is 96.5 Å². The van der Waals surface area contributed by atoms with Gasteiger partial charge in [-0.15, -0.1) is 21.5 Å². The monoisotopic (exact) mass is 370 g/mol. The number of thioether (sulfide) groups is 1. The second-order valence-electron chi connectivity index (χ2n) is 5.13. The summed E-state index contributed by atoms with van der Waals surface area (Å²) < 4.78 is 1.84. The normalized spacial score (nSPS) is 11.7. The maximum absolute atomic E-state index is 12.4. The minimum absolute atomic E-state index is 0.183. The molecule has 1 atom stereocenters. The van der Waals surface area contributed by atoms with Crippen molar-refractivity contribution in [1.29, 1.82) is 5.26 Å². The van der Waals surface area contributed by atoms with Crippen molar-refractivity contribution in [3.63, 3.8) is 0 Å². The van der Waals surface area contributed by atoms with E-state index in [-0.39, 0.29) is 11.2 Å². The Bertz CT molecular complexity index is 928. The number of hydrogen-bond acceptors (Lipinski definition) is 7. The van der Waals surface area contributed by atoms with E-state index >= 15 is 0 Å². The first-order valence-corrected chi connectivity index (χ1v) is 9.11. The van der Waals surface area contributed by atoms with Gasteiger partial charge in [0.25, 0.3) is 0 Å². The Kier molecular flexibility index (Phi) is 5.11. The minimum atomic E-state index is -0.387. The van der Waals surface area contributed by atoms with Gasteiger partial charge in [0, 0.05) is 25.0 Å². The Morgan fingerprint density at radius 2 is 2.12 bits per heavy atom. The fourth-order valence-corrected chi connectivity index (χ4v) is 3.64. The van der Waals surface area contributed by atoms with Gasteiger partial charge in [0.2, 0.25) is 5.91 Å². The number of carbonyl (C=O) groups is 1. The maximum atomic E-state index is 12.4. The molecule has 0 aliphatic rings. The molecule has 1 amide bonds. The predicted molar refractivity (Wildman–Crippen MR) is 97.2 cm³/mol. The van der Waals surface area contributed by atoms with Gasteiger partial charge < -0.3 is 9.88 Å². The number of nitriles is 1. The molecule has 3 aromatic rings. The van der Waals surface area contributed by atoms with Gasteiger partial charge >= 0.3 is 0 Å². The minimum Gasteiger partial charge on any atom is -0.316 e. The van der Waals surface area contributed by atoms with E-state index in [1.54, 1.807) is 30.8 Å². The zero-order valence-corrected chi connectivity index (χ0v) is 15.1. The van der Waals surface area contributed by atoms with Crippen LogP contribution in [-0.4, -0.2) is 30.9 Å². The molecule has 9 heteroatoms. The molecule has 3 rings (SSSR count). The summed E-state index contributed by atoms with van der Waals surface area (Å²) in [7, 11) is 1.86. The van der Waals surface area contributed by atoms with Crippen molar-refractivity contribution in [2.24, 2.45) is 7.05 Å². The summed E-state index contributed by atoms with van der Waals surface area (Å²) in [4.78, 5) is 16.4. The Morgan fingerprint density at radius 3 is 2.84 bits per heavy atom. The summed E-state index contributed by atoms with van der Waals surface area (Å²) in [5.41, 5.74) is 1.38. The van der Waals surface area contributed by atoms with Crippen molar-refractivity contribution in [3.05, 3.63) is 41.5 Å². The van der Waals surface area contributed by atoms with E-state index in [4.69, 9.17) is 5.26 Å². The van der Waals surface area contributed by atoms with Gasteiger partial charge in [-0.3, -0.25) is 9.78 Å². The average molecular weight is 370 g/mol. The summed E-state index contributed by atoms with van der Waals surface area (Å²) >= 11 is 2.64. The molecule has 3 aromatic heterocycles. The highest BCUT2D eigenvalue weighted by Gasteiger charge is 2.20. The lowest BCUT2D eigenvalue weighted by Crippen LogP contribution is -2.22. The Hall–Kier alpha value is -2.70. The van der Waals surface area contributed by atoms with Gasteiger partial charge in [0.05, 0.1) is 10.8 Å². The highest BCUT2D eigenvalue weighted by Crippen LogP contribution is 2.27. The number of rotatable bonds is 5. The van der Waals surface area contributed by atoms with E-state index in [0.717, 1.165) is 5.56 Å². The second-order valence-corrected chi connectivity index (χ2v) is 7.35. The molecule has 7 nitrogen and oxygen atoms in total. The van der Waals surface area contributed by atoms with Gasteiger partial charge in [-0.2, -0.15) is 5.26 Å². The number of aromatic nitrogens is 4. The molecule has 0 unspecified atom stereocenters. The van der Waals surface area contributed by atoms with Crippen LogP contribution in [0.4, 0.5) is 5.00 Å². The Morgan fingerprint density at radius 1 is 1.36 bits per heavy atom.